The van der Waals surface area contributed by atoms with Crippen LogP contribution in [0.15, 0.2) is 42.7 Å². The molecule has 0 unspecified atom stereocenters. The zero-order valence-corrected chi connectivity index (χ0v) is 27.3. The molecule has 3 aliphatic rings. The Balaban J connectivity index is 1.38. The minimum atomic E-state index is -0.266. The molecule has 5 rings (SSSR count). The van der Waals surface area contributed by atoms with Gasteiger partial charge in [-0.2, -0.15) is 0 Å². The lowest BCUT2D eigenvalue weighted by Gasteiger charge is -2.36. The smallest absolute Gasteiger partial charge is 0.255 e. The van der Waals surface area contributed by atoms with Crippen LogP contribution >= 0.6 is 0 Å². The first-order valence-corrected chi connectivity index (χ1v) is 16.9. The number of para-hydroxylation sites is 2. The molecule has 2 saturated heterocycles. The van der Waals surface area contributed by atoms with Gasteiger partial charge in [0.15, 0.2) is 0 Å². The number of carbonyl (C=O) groups is 3. The monoisotopic (exact) mass is 651 g/mol. The van der Waals surface area contributed by atoms with Crippen LogP contribution in [0.3, 0.4) is 0 Å². The van der Waals surface area contributed by atoms with Crippen LogP contribution < -0.4 is 9.64 Å². The first-order valence-electron chi connectivity index (χ1n) is 16.9. The summed E-state index contributed by atoms with van der Waals surface area (Å²) in [6.07, 6.45) is 6.60. The molecule has 47 heavy (non-hydrogen) atoms. The number of nitrogens with zero attached hydrogens (tertiary/aromatic N) is 7. The average molecular weight is 652 g/mol. The quantitative estimate of drug-likeness (QED) is 0.424. The van der Waals surface area contributed by atoms with Gasteiger partial charge in [0.1, 0.15) is 18.8 Å². The van der Waals surface area contributed by atoms with Gasteiger partial charge in [0.05, 0.1) is 43.0 Å². The minimum Gasteiger partial charge on any atom is -0.491 e. The van der Waals surface area contributed by atoms with Crippen LogP contribution in [0.1, 0.15) is 36.0 Å². The first kappa shape index (κ1) is 34.6. The fourth-order valence-electron chi connectivity index (χ4n) is 6.41. The topological polar surface area (TPSA) is 133 Å². The average Bonchev–Trinajstić information content (AvgIpc) is 3.10. The molecule has 0 radical (unpaired) electrons. The molecule has 0 spiro atoms. The van der Waals surface area contributed by atoms with E-state index in [-0.39, 0.29) is 44.0 Å². The molecular weight excluding hydrogens is 602 g/mol. The SMILES string of the molecule is O=C(CN1CCCCCCOc2ccccc2N(CC(=O)N2CCN(CCO)CC2)c2cncc(c2)C1=O)N1CCN(CCO)CC1. The molecule has 2 N–H and O–H groups in total. The highest BCUT2D eigenvalue weighted by atomic mass is 16.5. The number of ether oxygens (including phenoxy) is 1. The van der Waals surface area contributed by atoms with Gasteiger partial charge in [-0.15, -0.1) is 0 Å². The Hall–Kier alpha value is -3.78. The second-order valence-corrected chi connectivity index (χ2v) is 12.4. The zero-order chi connectivity index (χ0) is 33.0. The van der Waals surface area contributed by atoms with Gasteiger partial charge in [-0.3, -0.25) is 29.2 Å². The fourth-order valence-corrected chi connectivity index (χ4v) is 6.41. The lowest BCUT2D eigenvalue weighted by Crippen LogP contribution is -2.52. The summed E-state index contributed by atoms with van der Waals surface area (Å²) < 4.78 is 6.26. The number of aliphatic hydroxyl groups excluding tert-OH is 2. The van der Waals surface area contributed by atoms with Crippen molar-refractivity contribution in [2.24, 2.45) is 0 Å². The number of hydrogen-bond donors (Lipinski definition) is 2. The van der Waals surface area contributed by atoms with E-state index in [1.54, 1.807) is 22.1 Å². The summed E-state index contributed by atoms with van der Waals surface area (Å²) in [5.74, 6) is 0.255. The van der Waals surface area contributed by atoms with Crippen LogP contribution in [-0.2, 0) is 9.59 Å². The van der Waals surface area contributed by atoms with Crippen molar-refractivity contribution in [3.63, 3.8) is 0 Å². The van der Waals surface area contributed by atoms with Gasteiger partial charge in [-0.05, 0) is 31.0 Å². The highest BCUT2D eigenvalue weighted by Gasteiger charge is 2.28. The Morgan fingerprint density at radius 3 is 2.02 bits per heavy atom. The van der Waals surface area contributed by atoms with E-state index in [0.29, 0.717) is 101 Å². The van der Waals surface area contributed by atoms with Crippen molar-refractivity contribution in [2.75, 3.05) is 110 Å². The van der Waals surface area contributed by atoms with Gasteiger partial charge >= 0.3 is 0 Å². The predicted octanol–water partition coefficient (Wildman–Crippen LogP) is 0.888. The summed E-state index contributed by atoms with van der Waals surface area (Å²) in [6.45, 7) is 7.42. The number of piperazine rings is 2. The van der Waals surface area contributed by atoms with Gasteiger partial charge in [0.25, 0.3) is 5.91 Å². The van der Waals surface area contributed by atoms with Crippen LogP contribution in [0.2, 0.25) is 0 Å². The molecule has 3 amide bonds. The molecule has 2 fully saturated rings. The second-order valence-electron chi connectivity index (χ2n) is 12.4. The van der Waals surface area contributed by atoms with Crippen molar-refractivity contribution in [1.29, 1.82) is 0 Å². The van der Waals surface area contributed by atoms with Gasteiger partial charge in [0.2, 0.25) is 11.8 Å². The number of fused-ring (bicyclic) bond motifs is 3. The summed E-state index contributed by atoms with van der Waals surface area (Å²) in [5.41, 5.74) is 1.65. The summed E-state index contributed by atoms with van der Waals surface area (Å²) in [7, 11) is 0. The third kappa shape index (κ3) is 9.40. The molecule has 3 aliphatic heterocycles. The van der Waals surface area contributed by atoms with E-state index in [9.17, 15) is 24.6 Å². The Morgan fingerprint density at radius 2 is 1.36 bits per heavy atom. The van der Waals surface area contributed by atoms with Crippen LogP contribution in [0, 0.1) is 0 Å². The standard InChI is InChI=1S/C34H49N7O6/c42-20-18-36-10-14-38(15-11-36)32(44)26-40-9-5-1-2-6-22-47-31-8-4-3-7-30(31)41(29-23-28(34(40)46)24-35-25-29)27-33(45)39-16-12-37(13-17-39)19-21-43/h3-4,7-8,23-25,42-43H,1-2,5-6,9-22,26-27H2. The van der Waals surface area contributed by atoms with E-state index in [1.165, 1.54) is 6.20 Å². The van der Waals surface area contributed by atoms with Crippen molar-refractivity contribution < 1.29 is 29.3 Å². The molecule has 0 atom stereocenters. The Kier molecular flexibility index (Phi) is 12.8. The summed E-state index contributed by atoms with van der Waals surface area (Å²) in [6, 6.07) is 9.38. The Bertz CT molecular complexity index is 1330. The summed E-state index contributed by atoms with van der Waals surface area (Å²) in [5, 5.41) is 18.6. The molecule has 4 heterocycles. The highest BCUT2D eigenvalue weighted by Crippen LogP contribution is 2.34. The van der Waals surface area contributed by atoms with Crippen molar-refractivity contribution in [3.05, 3.63) is 48.3 Å². The van der Waals surface area contributed by atoms with E-state index >= 15 is 0 Å². The second kappa shape index (κ2) is 17.4. The van der Waals surface area contributed by atoms with Gasteiger partial charge in [-0.25, -0.2) is 0 Å². The maximum Gasteiger partial charge on any atom is 0.255 e. The molecule has 1 aromatic carbocycles. The van der Waals surface area contributed by atoms with Gasteiger partial charge in [-0.1, -0.05) is 25.0 Å². The summed E-state index contributed by atoms with van der Waals surface area (Å²) >= 11 is 0. The number of hydrogen-bond acceptors (Lipinski definition) is 10. The number of rotatable bonds is 8. The van der Waals surface area contributed by atoms with Crippen molar-refractivity contribution in [1.82, 2.24) is 29.5 Å². The lowest BCUT2D eigenvalue weighted by molar-refractivity contribution is -0.134. The van der Waals surface area contributed by atoms with Gasteiger partial charge < -0.3 is 34.5 Å². The van der Waals surface area contributed by atoms with E-state index in [2.05, 4.69) is 14.8 Å². The van der Waals surface area contributed by atoms with Crippen molar-refractivity contribution in [2.45, 2.75) is 25.7 Å². The number of aliphatic hydroxyl groups is 2. The zero-order valence-electron chi connectivity index (χ0n) is 27.3. The fraction of sp³-hybridized carbons (Fsp3) is 0.588. The predicted molar refractivity (Wildman–Crippen MR) is 178 cm³/mol. The van der Waals surface area contributed by atoms with Crippen LogP contribution in [0.5, 0.6) is 5.75 Å². The molecule has 256 valence electrons. The van der Waals surface area contributed by atoms with Crippen molar-refractivity contribution in [3.8, 4) is 5.75 Å². The molecule has 2 bridgehead atoms. The number of carbonyl (C=O) groups excluding carboxylic acids is 3. The highest BCUT2D eigenvalue weighted by molar-refractivity contribution is 5.97. The molecular formula is C34H49N7O6. The third-order valence-corrected chi connectivity index (χ3v) is 9.21. The molecule has 13 heteroatoms. The minimum absolute atomic E-state index is 0.0144. The van der Waals surface area contributed by atoms with Crippen LogP contribution in [0.4, 0.5) is 11.4 Å². The number of anilines is 2. The molecule has 2 aromatic rings. The number of aromatic nitrogens is 1. The van der Waals surface area contributed by atoms with Crippen LogP contribution in [-0.4, -0.2) is 162 Å². The number of pyridine rings is 1. The Morgan fingerprint density at radius 1 is 0.745 bits per heavy atom. The van der Waals surface area contributed by atoms with E-state index < -0.39 is 0 Å². The maximum absolute atomic E-state index is 14.0. The number of β-amino-alcohol motifs (C(OH)–C–C–N with tert-alkyl or cyclic N) is 2. The molecule has 0 saturated carbocycles. The third-order valence-electron chi connectivity index (χ3n) is 9.21. The molecule has 13 nitrogen and oxygen atoms in total. The van der Waals surface area contributed by atoms with Gasteiger partial charge in [0, 0.05) is 78.2 Å². The molecule has 1 aromatic heterocycles. The molecule has 0 aliphatic carbocycles. The van der Waals surface area contributed by atoms with Crippen LogP contribution in [0.25, 0.3) is 0 Å². The Labute approximate surface area is 277 Å². The normalized spacial score (nSPS) is 19.1. The number of amides is 3. The largest absolute Gasteiger partial charge is 0.491 e. The van der Waals surface area contributed by atoms with E-state index in [1.807, 2.05) is 34.1 Å². The lowest BCUT2D eigenvalue weighted by atomic mass is 10.1. The van der Waals surface area contributed by atoms with E-state index in [0.717, 1.165) is 25.7 Å². The van der Waals surface area contributed by atoms with Crippen molar-refractivity contribution >= 4 is 29.1 Å². The summed E-state index contributed by atoms with van der Waals surface area (Å²) in [4.78, 5) is 57.0. The maximum atomic E-state index is 14.0. The first-order chi connectivity index (χ1) is 23.0. The number of benzene rings is 1. The van der Waals surface area contributed by atoms with E-state index in [4.69, 9.17) is 4.74 Å².